The second-order valence-electron chi connectivity index (χ2n) is 6.55. The van der Waals surface area contributed by atoms with E-state index in [-0.39, 0.29) is 0 Å². The molecule has 1 heterocycles. The number of aromatic nitrogens is 2. The van der Waals surface area contributed by atoms with Crippen LogP contribution in [0.5, 0.6) is 0 Å². The van der Waals surface area contributed by atoms with Gasteiger partial charge in [-0.15, -0.1) is 0 Å². The van der Waals surface area contributed by atoms with Crippen LogP contribution in [0.3, 0.4) is 0 Å². The summed E-state index contributed by atoms with van der Waals surface area (Å²) in [6, 6.07) is 2.00. The first-order chi connectivity index (χ1) is 8.71. The smallest absolute Gasteiger partial charge is 0.130 e. The van der Waals surface area contributed by atoms with Crippen LogP contribution in [0, 0.1) is 17.8 Å². The van der Waals surface area contributed by atoms with E-state index < -0.39 is 0 Å². The lowest BCUT2D eigenvalue weighted by Crippen LogP contribution is -2.54. The van der Waals surface area contributed by atoms with Crippen LogP contribution in [0.2, 0.25) is 0 Å². The van der Waals surface area contributed by atoms with E-state index in [0.29, 0.717) is 5.54 Å². The van der Waals surface area contributed by atoms with Gasteiger partial charge in [0.2, 0.25) is 0 Å². The number of anilines is 1. The average molecular weight is 308 g/mol. The molecule has 96 valence electrons. The van der Waals surface area contributed by atoms with Crippen LogP contribution in [-0.4, -0.2) is 15.5 Å². The number of hydrogen-bond acceptors (Lipinski definition) is 3. The minimum Gasteiger partial charge on any atom is -0.364 e. The Morgan fingerprint density at radius 2 is 1.67 bits per heavy atom. The number of nitrogens with zero attached hydrogens (tertiary/aromatic N) is 2. The molecule has 0 radical (unpaired) electrons. The summed E-state index contributed by atoms with van der Waals surface area (Å²) in [4.78, 5) is 8.46. The molecule has 3 nitrogen and oxygen atoms in total. The van der Waals surface area contributed by atoms with Gasteiger partial charge in [-0.3, -0.25) is 0 Å². The molecule has 18 heavy (non-hydrogen) atoms. The molecule has 0 amide bonds. The zero-order valence-electron chi connectivity index (χ0n) is 10.4. The molecule has 1 N–H and O–H groups in total. The number of hydrogen-bond donors (Lipinski definition) is 1. The first-order valence-corrected chi connectivity index (χ1v) is 7.76. The largest absolute Gasteiger partial charge is 0.364 e. The molecule has 4 bridgehead atoms. The molecule has 4 aliphatic carbocycles. The SMILES string of the molecule is Brc1cc(NC23CC4CC(CC(C4)C2)C3)ncn1. The molecule has 1 aromatic heterocycles. The van der Waals surface area contributed by atoms with Crippen LogP contribution in [0.4, 0.5) is 5.82 Å². The van der Waals surface area contributed by atoms with Crippen LogP contribution in [-0.2, 0) is 0 Å². The molecular formula is C14H18BrN3. The predicted molar refractivity (Wildman–Crippen MR) is 74.3 cm³/mol. The van der Waals surface area contributed by atoms with Crippen molar-refractivity contribution in [3.8, 4) is 0 Å². The fraction of sp³-hybridized carbons (Fsp3) is 0.714. The van der Waals surface area contributed by atoms with Crippen LogP contribution in [0.15, 0.2) is 17.0 Å². The van der Waals surface area contributed by atoms with E-state index in [1.807, 2.05) is 6.07 Å². The zero-order valence-corrected chi connectivity index (χ0v) is 12.0. The summed E-state index contributed by atoms with van der Waals surface area (Å²) in [6.07, 6.45) is 10.1. The van der Waals surface area contributed by atoms with E-state index in [9.17, 15) is 0 Å². The maximum Gasteiger partial charge on any atom is 0.130 e. The van der Waals surface area contributed by atoms with Gasteiger partial charge < -0.3 is 5.32 Å². The summed E-state index contributed by atoms with van der Waals surface area (Å²) in [7, 11) is 0. The highest BCUT2D eigenvalue weighted by atomic mass is 79.9. The third-order valence-electron chi connectivity index (χ3n) is 5.07. The molecule has 0 unspecified atom stereocenters. The van der Waals surface area contributed by atoms with E-state index in [2.05, 4.69) is 31.2 Å². The molecule has 0 aliphatic heterocycles. The standard InChI is InChI=1S/C14H18BrN3/c15-12-4-13(17-8-16-12)18-14-5-9-1-10(6-14)3-11(2-9)7-14/h4,8-11H,1-3,5-7H2,(H,16,17,18). The lowest BCUT2D eigenvalue weighted by molar-refractivity contribution is 0.0105. The van der Waals surface area contributed by atoms with Crippen molar-refractivity contribution in [2.75, 3.05) is 5.32 Å². The van der Waals surface area contributed by atoms with Gasteiger partial charge in [-0.05, 0) is 72.2 Å². The molecule has 4 saturated carbocycles. The van der Waals surface area contributed by atoms with Gasteiger partial charge in [0.05, 0.1) is 0 Å². The number of nitrogens with one attached hydrogen (secondary N) is 1. The molecule has 4 heteroatoms. The van der Waals surface area contributed by atoms with Crippen LogP contribution < -0.4 is 5.32 Å². The van der Waals surface area contributed by atoms with Crippen molar-refractivity contribution in [2.24, 2.45) is 17.8 Å². The van der Waals surface area contributed by atoms with Gasteiger partial charge in [-0.25, -0.2) is 9.97 Å². The topological polar surface area (TPSA) is 37.8 Å². The molecule has 0 spiro atoms. The fourth-order valence-corrected chi connectivity index (χ4v) is 5.25. The van der Waals surface area contributed by atoms with Gasteiger partial charge in [0.25, 0.3) is 0 Å². The van der Waals surface area contributed by atoms with E-state index in [1.165, 1.54) is 38.5 Å². The summed E-state index contributed by atoms with van der Waals surface area (Å²) in [5.41, 5.74) is 0.336. The first-order valence-electron chi connectivity index (χ1n) is 6.96. The van der Waals surface area contributed by atoms with Crippen molar-refractivity contribution in [1.29, 1.82) is 0 Å². The molecule has 0 atom stereocenters. The molecule has 1 aromatic rings. The Morgan fingerprint density at radius 1 is 1.06 bits per heavy atom. The Hall–Kier alpha value is -0.640. The highest BCUT2D eigenvalue weighted by molar-refractivity contribution is 9.10. The summed E-state index contributed by atoms with van der Waals surface area (Å²) in [5, 5.41) is 3.75. The van der Waals surface area contributed by atoms with Crippen molar-refractivity contribution in [3.63, 3.8) is 0 Å². The Bertz CT molecular complexity index is 439. The number of halogens is 1. The average Bonchev–Trinajstić information content (AvgIpc) is 2.25. The maximum atomic E-state index is 4.36. The van der Waals surface area contributed by atoms with Gasteiger partial charge in [-0.2, -0.15) is 0 Å². The Morgan fingerprint density at radius 3 is 2.22 bits per heavy atom. The van der Waals surface area contributed by atoms with E-state index in [4.69, 9.17) is 0 Å². The van der Waals surface area contributed by atoms with Gasteiger partial charge in [-0.1, -0.05) is 0 Å². The fourth-order valence-electron chi connectivity index (χ4n) is 4.94. The summed E-state index contributed by atoms with van der Waals surface area (Å²) in [5.74, 6) is 3.89. The molecule has 0 aromatic carbocycles. The van der Waals surface area contributed by atoms with Gasteiger partial charge >= 0.3 is 0 Å². The Balaban J connectivity index is 1.60. The zero-order chi connectivity index (χ0) is 12.2. The summed E-state index contributed by atoms with van der Waals surface area (Å²) in [6.45, 7) is 0. The molecule has 4 aliphatic rings. The monoisotopic (exact) mass is 307 g/mol. The molecule has 4 fully saturated rings. The molecule has 5 rings (SSSR count). The van der Waals surface area contributed by atoms with Gasteiger partial charge in [0.1, 0.15) is 16.7 Å². The Kier molecular flexibility index (Phi) is 2.44. The quantitative estimate of drug-likeness (QED) is 0.848. The lowest BCUT2D eigenvalue weighted by atomic mass is 9.53. The maximum absolute atomic E-state index is 4.36. The van der Waals surface area contributed by atoms with E-state index >= 15 is 0 Å². The predicted octanol–water partition coefficient (Wildman–Crippen LogP) is 3.62. The highest BCUT2D eigenvalue weighted by Crippen LogP contribution is 2.56. The van der Waals surface area contributed by atoms with Crippen molar-refractivity contribution < 1.29 is 0 Å². The minimum absolute atomic E-state index is 0.336. The van der Waals surface area contributed by atoms with Crippen LogP contribution in [0.1, 0.15) is 38.5 Å². The second kappa shape index (κ2) is 3.92. The Labute approximate surface area is 116 Å². The normalized spacial score (nSPS) is 41.1. The third kappa shape index (κ3) is 1.85. The molecule has 0 saturated heterocycles. The van der Waals surface area contributed by atoms with Crippen molar-refractivity contribution >= 4 is 21.7 Å². The summed E-state index contributed by atoms with van der Waals surface area (Å²) < 4.78 is 0.865. The van der Waals surface area contributed by atoms with Crippen molar-refractivity contribution in [1.82, 2.24) is 9.97 Å². The van der Waals surface area contributed by atoms with Crippen LogP contribution >= 0.6 is 15.9 Å². The van der Waals surface area contributed by atoms with Crippen molar-refractivity contribution in [3.05, 3.63) is 17.0 Å². The van der Waals surface area contributed by atoms with Crippen LogP contribution in [0.25, 0.3) is 0 Å². The second-order valence-corrected chi connectivity index (χ2v) is 7.36. The van der Waals surface area contributed by atoms with Crippen molar-refractivity contribution in [2.45, 2.75) is 44.1 Å². The lowest BCUT2D eigenvalue weighted by Gasteiger charge is -2.57. The summed E-state index contributed by atoms with van der Waals surface area (Å²) >= 11 is 3.42. The number of rotatable bonds is 2. The minimum atomic E-state index is 0.336. The van der Waals surface area contributed by atoms with Gasteiger partial charge in [0, 0.05) is 11.6 Å². The third-order valence-corrected chi connectivity index (χ3v) is 5.50. The van der Waals surface area contributed by atoms with E-state index in [1.54, 1.807) is 6.33 Å². The van der Waals surface area contributed by atoms with Gasteiger partial charge in [0.15, 0.2) is 0 Å². The molecular weight excluding hydrogens is 290 g/mol. The highest BCUT2D eigenvalue weighted by Gasteiger charge is 2.51. The van der Waals surface area contributed by atoms with E-state index in [0.717, 1.165) is 28.2 Å². The first kappa shape index (κ1) is 11.2.